The molecule has 0 aromatic heterocycles. The van der Waals surface area contributed by atoms with Gasteiger partial charge in [0.1, 0.15) is 0 Å². The molecule has 0 spiro atoms. The van der Waals surface area contributed by atoms with Gasteiger partial charge in [-0.1, -0.05) is 18.2 Å². The van der Waals surface area contributed by atoms with Crippen LogP contribution in [0.4, 0.5) is 0 Å². The Morgan fingerprint density at radius 1 is 1.33 bits per heavy atom. The lowest BCUT2D eigenvalue weighted by Crippen LogP contribution is -2.28. The van der Waals surface area contributed by atoms with Gasteiger partial charge in [-0.25, -0.2) is 0 Å². The van der Waals surface area contributed by atoms with Crippen LogP contribution in [0.25, 0.3) is 0 Å². The van der Waals surface area contributed by atoms with E-state index in [2.05, 4.69) is 23.5 Å². The summed E-state index contributed by atoms with van der Waals surface area (Å²) in [7, 11) is 0. The SMILES string of the molecule is CC(NC(=O)CCN)c1ccc2c(c1)CCCC2. The molecule has 1 aliphatic rings. The maximum absolute atomic E-state index is 11.5. The Kier molecular flexibility index (Phi) is 4.37. The molecule has 0 bridgehead atoms. The smallest absolute Gasteiger partial charge is 0.221 e. The van der Waals surface area contributed by atoms with Crippen molar-refractivity contribution in [3.8, 4) is 0 Å². The molecule has 1 aliphatic carbocycles. The van der Waals surface area contributed by atoms with Crippen molar-refractivity contribution in [2.24, 2.45) is 5.73 Å². The molecule has 3 N–H and O–H groups in total. The maximum atomic E-state index is 11.5. The molecule has 1 aromatic rings. The van der Waals surface area contributed by atoms with Gasteiger partial charge in [0.2, 0.25) is 5.91 Å². The van der Waals surface area contributed by atoms with Gasteiger partial charge in [0.15, 0.2) is 0 Å². The predicted octanol–water partition coefficient (Wildman–Crippen LogP) is 2.09. The molecule has 2 rings (SSSR count). The number of hydrogen-bond acceptors (Lipinski definition) is 2. The highest BCUT2D eigenvalue weighted by Crippen LogP contribution is 2.24. The quantitative estimate of drug-likeness (QED) is 0.854. The van der Waals surface area contributed by atoms with Crippen molar-refractivity contribution in [2.45, 2.75) is 45.1 Å². The molecule has 0 heterocycles. The minimum absolute atomic E-state index is 0.0303. The molecular formula is C15H22N2O. The minimum atomic E-state index is 0.0303. The van der Waals surface area contributed by atoms with E-state index in [4.69, 9.17) is 5.73 Å². The number of nitrogens with one attached hydrogen (secondary N) is 1. The van der Waals surface area contributed by atoms with E-state index in [1.54, 1.807) is 0 Å². The summed E-state index contributed by atoms with van der Waals surface area (Å²) in [6.07, 6.45) is 5.35. The molecule has 1 aromatic carbocycles. The van der Waals surface area contributed by atoms with E-state index in [9.17, 15) is 4.79 Å². The normalized spacial score (nSPS) is 15.9. The number of amides is 1. The number of nitrogens with two attached hydrogens (primary N) is 1. The van der Waals surface area contributed by atoms with Crippen LogP contribution in [0.3, 0.4) is 0 Å². The van der Waals surface area contributed by atoms with Gasteiger partial charge in [-0.05, 0) is 49.3 Å². The van der Waals surface area contributed by atoms with Crippen LogP contribution < -0.4 is 11.1 Å². The number of carbonyl (C=O) groups excluding carboxylic acids is 1. The average molecular weight is 246 g/mol. The lowest BCUT2D eigenvalue weighted by Gasteiger charge is -2.20. The van der Waals surface area contributed by atoms with Gasteiger partial charge in [-0.3, -0.25) is 4.79 Å². The van der Waals surface area contributed by atoms with Crippen molar-refractivity contribution >= 4 is 5.91 Å². The topological polar surface area (TPSA) is 55.1 Å². The second-order valence-electron chi connectivity index (χ2n) is 5.06. The zero-order valence-corrected chi connectivity index (χ0v) is 11.0. The summed E-state index contributed by atoms with van der Waals surface area (Å²) < 4.78 is 0. The Morgan fingerprint density at radius 3 is 2.78 bits per heavy atom. The highest BCUT2D eigenvalue weighted by atomic mass is 16.1. The van der Waals surface area contributed by atoms with Crippen molar-refractivity contribution < 1.29 is 4.79 Å². The van der Waals surface area contributed by atoms with Gasteiger partial charge in [0, 0.05) is 13.0 Å². The summed E-state index contributed by atoms with van der Waals surface area (Å²) >= 11 is 0. The van der Waals surface area contributed by atoms with Crippen molar-refractivity contribution in [3.63, 3.8) is 0 Å². The van der Waals surface area contributed by atoms with Crippen LogP contribution in [0.15, 0.2) is 18.2 Å². The van der Waals surface area contributed by atoms with Crippen LogP contribution in [0, 0.1) is 0 Å². The van der Waals surface area contributed by atoms with E-state index < -0.39 is 0 Å². The number of aryl methyl sites for hydroxylation is 2. The number of hydrogen-bond donors (Lipinski definition) is 2. The Hall–Kier alpha value is -1.35. The van der Waals surface area contributed by atoms with Gasteiger partial charge < -0.3 is 11.1 Å². The summed E-state index contributed by atoms with van der Waals surface area (Å²) in [5.41, 5.74) is 9.50. The number of rotatable bonds is 4. The molecule has 0 fully saturated rings. The fraction of sp³-hybridized carbons (Fsp3) is 0.533. The van der Waals surface area contributed by atoms with E-state index in [0.29, 0.717) is 13.0 Å². The van der Waals surface area contributed by atoms with Crippen molar-refractivity contribution in [1.82, 2.24) is 5.32 Å². The molecule has 0 saturated carbocycles. The van der Waals surface area contributed by atoms with Crippen LogP contribution in [0.2, 0.25) is 0 Å². The van der Waals surface area contributed by atoms with E-state index in [1.165, 1.54) is 42.4 Å². The van der Waals surface area contributed by atoms with E-state index in [-0.39, 0.29) is 11.9 Å². The highest BCUT2D eigenvalue weighted by Gasteiger charge is 2.13. The first-order chi connectivity index (χ1) is 8.70. The van der Waals surface area contributed by atoms with Gasteiger partial charge in [-0.15, -0.1) is 0 Å². The second kappa shape index (κ2) is 6.01. The Balaban J connectivity index is 2.06. The van der Waals surface area contributed by atoms with Crippen LogP contribution >= 0.6 is 0 Å². The first kappa shape index (κ1) is 13.1. The third kappa shape index (κ3) is 3.10. The maximum Gasteiger partial charge on any atom is 0.221 e. The second-order valence-corrected chi connectivity index (χ2v) is 5.06. The summed E-state index contributed by atoms with van der Waals surface area (Å²) in [4.78, 5) is 11.5. The molecule has 0 aliphatic heterocycles. The molecule has 3 heteroatoms. The fourth-order valence-corrected chi connectivity index (χ4v) is 2.55. The standard InChI is InChI=1S/C15H22N2O/c1-11(17-15(18)8-9-16)13-7-6-12-4-2-3-5-14(12)10-13/h6-7,10-11H,2-5,8-9,16H2,1H3,(H,17,18). The summed E-state index contributed by atoms with van der Waals surface area (Å²) in [5.74, 6) is 0.0303. The number of fused-ring (bicyclic) bond motifs is 1. The van der Waals surface area contributed by atoms with Crippen molar-refractivity contribution in [1.29, 1.82) is 0 Å². The predicted molar refractivity (Wildman–Crippen MR) is 73.3 cm³/mol. The third-order valence-corrected chi connectivity index (χ3v) is 3.62. The molecule has 1 unspecified atom stereocenters. The van der Waals surface area contributed by atoms with E-state index >= 15 is 0 Å². The first-order valence-electron chi connectivity index (χ1n) is 6.82. The van der Waals surface area contributed by atoms with Crippen LogP contribution in [0.1, 0.15) is 48.9 Å². The lowest BCUT2D eigenvalue weighted by molar-refractivity contribution is -0.121. The largest absolute Gasteiger partial charge is 0.350 e. The fourth-order valence-electron chi connectivity index (χ4n) is 2.55. The summed E-state index contributed by atoms with van der Waals surface area (Å²) in [6.45, 7) is 2.43. The third-order valence-electron chi connectivity index (χ3n) is 3.62. The van der Waals surface area contributed by atoms with Crippen molar-refractivity contribution in [3.05, 3.63) is 34.9 Å². The van der Waals surface area contributed by atoms with Crippen LogP contribution in [0.5, 0.6) is 0 Å². The minimum Gasteiger partial charge on any atom is -0.350 e. The number of carbonyl (C=O) groups is 1. The number of benzene rings is 1. The Labute approximate surface area is 109 Å². The highest BCUT2D eigenvalue weighted by molar-refractivity contribution is 5.76. The Bertz CT molecular complexity index is 429. The van der Waals surface area contributed by atoms with E-state index in [1.807, 2.05) is 6.92 Å². The van der Waals surface area contributed by atoms with Gasteiger partial charge in [0.05, 0.1) is 6.04 Å². The van der Waals surface area contributed by atoms with E-state index in [0.717, 1.165) is 0 Å². The molecule has 98 valence electrons. The molecular weight excluding hydrogens is 224 g/mol. The first-order valence-corrected chi connectivity index (χ1v) is 6.82. The van der Waals surface area contributed by atoms with Gasteiger partial charge in [-0.2, -0.15) is 0 Å². The van der Waals surface area contributed by atoms with Crippen LogP contribution in [-0.2, 0) is 17.6 Å². The van der Waals surface area contributed by atoms with Gasteiger partial charge >= 0.3 is 0 Å². The molecule has 1 amide bonds. The summed E-state index contributed by atoms with van der Waals surface area (Å²) in [6, 6.07) is 6.67. The molecule has 18 heavy (non-hydrogen) atoms. The van der Waals surface area contributed by atoms with Crippen molar-refractivity contribution in [2.75, 3.05) is 6.54 Å². The van der Waals surface area contributed by atoms with Gasteiger partial charge in [0.25, 0.3) is 0 Å². The zero-order chi connectivity index (χ0) is 13.0. The Morgan fingerprint density at radius 2 is 2.06 bits per heavy atom. The molecule has 3 nitrogen and oxygen atoms in total. The monoisotopic (exact) mass is 246 g/mol. The zero-order valence-electron chi connectivity index (χ0n) is 11.0. The summed E-state index contributed by atoms with van der Waals surface area (Å²) in [5, 5.41) is 2.98. The molecule has 0 saturated heterocycles. The average Bonchev–Trinajstić information content (AvgIpc) is 2.38. The molecule has 1 atom stereocenters. The van der Waals surface area contributed by atoms with Crippen LogP contribution in [-0.4, -0.2) is 12.5 Å². The molecule has 0 radical (unpaired) electrons. The lowest BCUT2D eigenvalue weighted by atomic mass is 9.89.